The molecule has 0 saturated carbocycles. The maximum Gasteiger partial charge on any atom is 0.430 e. The molecule has 2 aromatic heterocycles. The second kappa shape index (κ2) is 9.58. The van der Waals surface area contributed by atoms with E-state index < -0.39 is 29.1 Å². The number of thiazole rings is 1. The highest BCUT2D eigenvalue weighted by molar-refractivity contribution is 7.11. The molecule has 0 fully saturated rings. The highest BCUT2D eigenvalue weighted by atomic mass is 32.1. The summed E-state index contributed by atoms with van der Waals surface area (Å²) in [6, 6.07) is 5.76. The van der Waals surface area contributed by atoms with Crippen LogP contribution in [0.3, 0.4) is 0 Å². The summed E-state index contributed by atoms with van der Waals surface area (Å²) in [5.74, 6) is 0.414. The van der Waals surface area contributed by atoms with Crippen LogP contribution in [-0.4, -0.2) is 46.2 Å². The van der Waals surface area contributed by atoms with Crippen LogP contribution in [0, 0.1) is 6.92 Å². The van der Waals surface area contributed by atoms with Crippen LogP contribution in [0.5, 0.6) is 11.5 Å². The molecule has 4 rings (SSSR count). The predicted molar refractivity (Wildman–Crippen MR) is 126 cm³/mol. The average molecular weight is 559 g/mol. The van der Waals surface area contributed by atoms with Crippen LogP contribution < -0.4 is 15.0 Å². The molecule has 2 heterocycles. The zero-order chi connectivity index (χ0) is 28.0. The zero-order valence-electron chi connectivity index (χ0n) is 19.9. The Morgan fingerprint density at radius 2 is 1.61 bits per heavy atom. The van der Waals surface area contributed by atoms with E-state index in [4.69, 9.17) is 9.47 Å². The van der Waals surface area contributed by atoms with E-state index in [1.54, 1.807) is 19.2 Å². The van der Waals surface area contributed by atoms with Crippen molar-refractivity contribution in [1.82, 2.24) is 14.5 Å². The van der Waals surface area contributed by atoms with E-state index in [2.05, 4.69) is 9.97 Å². The molecular weight excluding hydrogens is 540 g/mol. The maximum absolute atomic E-state index is 13.8. The van der Waals surface area contributed by atoms with Gasteiger partial charge in [0.25, 0.3) is 11.2 Å². The van der Waals surface area contributed by atoms with Crippen molar-refractivity contribution >= 4 is 22.2 Å². The Labute approximate surface area is 214 Å². The number of nitrogens with zero attached hydrogens (tertiary/aromatic N) is 3. The third-order valence-electron chi connectivity index (χ3n) is 5.81. The Morgan fingerprint density at radius 3 is 2.11 bits per heavy atom. The van der Waals surface area contributed by atoms with Gasteiger partial charge in [-0.05, 0) is 31.2 Å². The lowest BCUT2D eigenvalue weighted by molar-refractivity contribution is -0.376. The summed E-state index contributed by atoms with van der Waals surface area (Å²) in [7, 11) is 2.66. The van der Waals surface area contributed by atoms with Crippen LogP contribution in [0.15, 0.2) is 47.4 Å². The second-order valence-corrected chi connectivity index (χ2v) is 9.46. The van der Waals surface area contributed by atoms with Gasteiger partial charge in [-0.25, -0.2) is 9.97 Å². The molecule has 0 radical (unpaired) electrons. The minimum Gasteiger partial charge on any atom is -0.493 e. The number of rotatable bonds is 6. The van der Waals surface area contributed by atoms with E-state index in [9.17, 15) is 36.2 Å². The molecule has 0 aliphatic rings. The van der Waals surface area contributed by atoms with E-state index in [0.717, 1.165) is 21.7 Å². The van der Waals surface area contributed by atoms with Crippen LogP contribution >= 0.6 is 11.3 Å². The number of aryl methyl sites for hydroxylation is 1. The summed E-state index contributed by atoms with van der Waals surface area (Å²) in [6.45, 7) is 1.77. The number of methoxy groups -OCH3 is 2. The van der Waals surface area contributed by atoms with Gasteiger partial charge in [0.1, 0.15) is 11.2 Å². The zero-order valence-corrected chi connectivity index (χ0v) is 20.8. The van der Waals surface area contributed by atoms with Gasteiger partial charge in [-0.15, -0.1) is 11.3 Å². The number of alkyl halides is 6. The average Bonchev–Trinajstić information content (AvgIpc) is 3.26. The number of ether oxygens (including phenoxy) is 2. The number of aliphatic hydroxyl groups is 1. The molecule has 14 heteroatoms. The molecule has 0 unspecified atom stereocenters. The van der Waals surface area contributed by atoms with Crippen LogP contribution in [0.2, 0.25) is 0 Å². The van der Waals surface area contributed by atoms with Gasteiger partial charge >= 0.3 is 12.4 Å². The molecule has 202 valence electrons. The van der Waals surface area contributed by atoms with Gasteiger partial charge in [-0.3, -0.25) is 9.36 Å². The lowest BCUT2D eigenvalue weighted by Gasteiger charge is -2.32. The monoisotopic (exact) mass is 559 g/mol. The first-order chi connectivity index (χ1) is 17.7. The minimum atomic E-state index is -6.05. The quantitative estimate of drug-likeness (QED) is 0.332. The van der Waals surface area contributed by atoms with Crippen molar-refractivity contribution in [3.63, 3.8) is 0 Å². The molecule has 0 spiro atoms. The molecule has 1 N–H and O–H groups in total. The van der Waals surface area contributed by atoms with Gasteiger partial charge in [-0.2, -0.15) is 26.3 Å². The fourth-order valence-corrected chi connectivity index (χ4v) is 4.79. The molecular formula is C24H19F6N3O4S. The second-order valence-electron chi connectivity index (χ2n) is 8.14. The SMILES string of the molecule is COc1ccc2nc(Cc3cnc(C)s3)n(-c3ccc(C(O)(C(F)(F)F)C(F)(F)F)cc3)c(=O)c2c1OC. The van der Waals surface area contributed by atoms with Crippen molar-refractivity contribution in [3.8, 4) is 17.2 Å². The number of fused-ring (bicyclic) bond motifs is 1. The van der Waals surface area contributed by atoms with Crippen LogP contribution in [0.25, 0.3) is 16.6 Å². The third-order valence-corrected chi connectivity index (χ3v) is 6.73. The molecule has 0 amide bonds. The summed E-state index contributed by atoms with van der Waals surface area (Å²) in [5.41, 5.74) is -7.11. The summed E-state index contributed by atoms with van der Waals surface area (Å²) < 4.78 is 91.7. The van der Waals surface area contributed by atoms with Crippen LogP contribution in [-0.2, 0) is 12.0 Å². The van der Waals surface area contributed by atoms with Gasteiger partial charge in [0, 0.05) is 23.1 Å². The molecule has 7 nitrogen and oxygen atoms in total. The number of hydrogen-bond donors (Lipinski definition) is 1. The fourth-order valence-electron chi connectivity index (χ4n) is 4.00. The minimum absolute atomic E-state index is 0.0118. The summed E-state index contributed by atoms with van der Waals surface area (Å²) in [5, 5.41) is 10.5. The molecule has 0 aliphatic carbocycles. The Kier molecular flexibility index (Phi) is 6.91. The van der Waals surface area contributed by atoms with Gasteiger partial charge in [-0.1, -0.05) is 12.1 Å². The van der Waals surface area contributed by atoms with Crippen LogP contribution in [0.1, 0.15) is 21.3 Å². The first-order valence-electron chi connectivity index (χ1n) is 10.8. The fraction of sp³-hybridized carbons (Fsp3) is 0.292. The first-order valence-corrected chi connectivity index (χ1v) is 11.6. The third kappa shape index (κ3) is 4.47. The lowest BCUT2D eigenvalue weighted by atomic mass is 9.92. The van der Waals surface area contributed by atoms with Gasteiger partial charge < -0.3 is 14.6 Å². The van der Waals surface area contributed by atoms with Crippen molar-refractivity contribution in [2.45, 2.75) is 31.3 Å². The van der Waals surface area contributed by atoms with Crippen molar-refractivity contribution < 1.29 is 40.9 Å². The summed E-state index contributed by atoms with van der Waals surface area (Å²) >= 11 is 1.33. The van der Waals surface area contributed by atoms with E-state index in [0.29, 0.717) is 17.0 Å². The van der Waals surface area contributed by atoms with Gasteiger partial charge in [0.05, 0.1) is 30.4 Å². The van der Waals surface area contributed by atoms with Crippen molar-refractivity contribution in [2.24, 2.45) is 0 Å². The van der Waals surface area contributed by atoms with E-state index in [1.807, 2.05) is 0 Å². The molecule has 0 saturated heterocycles. The predicted octanol–water partition coefficient (Wildman–Crippen LogP) is 5.07. The number of hydrogen-bond acceptors (Lipinski definition) is 7. The molecule has 2 aromatic carbocycles. The van der Waals surface area contributed by atoms with E-state index in [1.165, 1.54) is 31.6 Å². The summed E-state index contributed by atoms with van der Waals surface area (Å²) in [4.78, 5) is 23.2. The topological polar surface area (TPSA) is 86.5 Å². The van der Waals surface area contributed by atoms with Gasteiger partial charge in [0.15, 0.2) is 11.5 Å². The van der Waals surface area contributed by atoms with E-state index in [-0.39, 0.29) is 40.3 Å². The maximum atomic E-state index is 13.8. The molecule has 38 heavy (non-hydrogen) atoms. The highest BCUT2D eigenvalue weighted by Crippen LogP contribution is 2.50. The van der Waals surface area contributed by atoms with Crippen LogP contribution in [0.4, 0.5) is 26.3 Å². The Morgan fingerprint density at radius 1 is 0.974 bits per heavy atom. The number of aromatic nitrogens is 3. The number of halogens is 6. The van der Waals surface area contributed by atoms with Crippen molar-refractivity contribution in [1.29, 1.82) is 0 Å². The Hall–Kier alpha value is -3.65. The Balaban J connectivity index is 1.97. The standard InChI is InChI=1S/C24H19F6N3O4S/c1-12-31-11-15(38-12)10-18-32-16-8-9-17(36-2)20(37-3)19(16)21(34)33(18)14-6-4-13(5-7-14)22(35,23(25,26)27)24(28,29)30/h4-9,11,35H,10H2,1-3H3. The molecule has 0 bridgehead atoms. The molecule has 4 aromatic rings. The largest absolute Gasteiger partial charge is 0.493 e. The van der Waals surface area contributed by atoms with Crippen molar-refractivity contribution in [3.05, 3.63) is 74.2 Å². The smallest absolute Gasteiger partial charge is 0.430 e. The number of benzene rings is 2. The van der Waals surface area contributed by atoms with Gasteiger partial charge in [0.2, 0.25) is 0 Å². The molecule has 0 aliphatic heterocycles. The van der Waals surface area contributed by atoms with Crippen molar-refractivity contribution in [2.75, 3.05) is 14.2 Å². The Bertz CT molecular complexity index is 1530. The first kappa shape index (κ1) is 27.4. The lowest BCUT2D eigenvalue weighted by Crippen LogP contribution is -2.53. The molecule has 0 atom stereocenters. The van der Waals surface area contributed by atoms with E-state index >= 15 is 0 Å². The highest BCUT2D eigenvalue weighted by Gasteiger charge is 2.71. The normalized spacial score (nSPS) is 12.7. The summed E-state index contributed by atoms with van der Waals surface area (Å²) in [6.07, 6.45) is -10.4.